The van der Waals surface area contributed by atoms with Gasteiger partial charge >= 0.3 is 6.03 Å². The van der Waals surface area contributed by atoms with Crippen LogP contribution < -0.4 is 10.6 Å². The van der Waals surface area contributed by atoms with E-state index in [1.165, 1.54) is 17.7 Å². The Balaban J connectivity index is 1.57. The molecule has 7 nitrogen and oxygen atoms in total. The van der Waals surface area contributed by atoms with Crippen LogP contribution in [0.1, 0.15) is 36.9 Å². The number of hydrogen-bond donors (Lipinski definition) is 3. The van der Waals surface area contributed by atoms with Gasteiger partial charge in [-0.25, -0.2) is 4.79 Å². The van der Waals surface area contributed by atoms with Gasteiger partial charge in [0.2, 0.25) is 5.91 Å². The third kappa shape index (κ3) is 4.84. The van der Waals surface area contributed by atoms with E-state index in [1.807, 2.05) is 6.07 Å². The number of halogens is 2. The Bertz CT molecular complexity index is 1170. The quantitative estimate of drug-likeness (QED) is 0.491. The Kier molecular flexibility index (Phi) is 5.89. The molecular weight excluding hydrogens is 439 g/mol. The van der Waals surface area contributed by atoms with Crippen molar-refractivity contribution < 1.29 is 14.7 Å². The van der Waals surface area contributed by atoms with Gasteiger partial charge in [-0.1, -0.05) is 29.3 Å². The maximum absolute atomic E-state index is 12.8. The van der Waals surface area contributed by atoms with Gasteiger partial charge in [0.15, 0.2) is 0 Å². The first-order valence-corrected chi connectivity index (χ1v) is 10.5. The molecular formula is C22H20Cl2N4O3. The van der Waals surface area contributed by atoms with Gasteiger partial charge in [0.25, 0.3) is 0 Å². The number of anilines is 1. The molecule has 31 heavy (non-hydrogen) atoms. The number of aromatic hydroxyl groups is 1. The van der Waals surface area contributed by atoms with Crippen molar-refractivity contribution in [2.24, 2.45) is 0 Å². The number of rotatable bonds is 5. The first kappa shape index (κ1) is 21.2. The zero-order valence-corrected chi connectivity index (χ0v) is 18.2. The Morgan fingerprint density at radius 2 is 1.90 bits per heavy atom. The topological polar surface area (TPSA) is 96.3 Å². The maximum atomic E-state index is 12.8. The number of nitrogens with one attached hydrogen (secondary N) is 2. The number of nitrogens with zero attached hydrogens (tertiary/aromatic N) is 2. The number of benzene rings is 2. The third-order valence-electron chi connectivity index (χ3n) is 4.95. The number of phenolic OH excluding ortho intramolecular Hbond substituents is 1. The molecule has 2 aromatic carbocycles. The average molecular weight is 459 g/mol. The summed E-state index contributed by atoms with van der Waals surface area (Å²) < 4.78 is 1.35. The van der Waals surface area contributed by atoms with Gasteiger partial charge in [-0.05, 0) is 48.7 Å². The number of aromatic nitrogens is 2. The molecule has 1 heterocycles. The van der Waals surface area contributed by atoms with E-state index in [9.17, 15) is 14.7 Å². The van der Waals surface area contributed by atoms with Crippen molar-refractivity contribution in [2.45, 2.75) is 32.2 Å². The highest BCUT2D eigenvalue weighted by molar-refractivity contribution is 6.42. The molecule has 1 saturated carbocycles. The van der Waals surface area contributed by atoms with Crippen molar-refractivity contribution in [2.75, 3.05) is 5.32 Å². The molecule has 160 valence electrons. The van der Waals surface area contributed by atoms with Crippen molar-refractivity contribution in [3.8, 4) is 17.0 Å². The number of amides is 2. The first-order valence-electron chi connectivity index (χ1n) is 9.75. The number of carbonyl (C=O) groups excluding carboxylic acids is 2. The molecule has 0 bridgehead atoms. The van der Waals surface area contributed by atoms with Crippen LogP contribution in [0.25, 0.3) is 11.3 Å². The maximum Gasteiger partial charge on any atom is 0.342 e. The van der Waals surface area contributed by atoms with Crippen molar-refractivity contribution >= 4 is 40.8 Å². The fourth-order valence-electron chi connectivity index (χ4n) is 3.29. The summed E-state index contributed by atoms with van der Waals surface area (Å²) in [5.74, 6) is -0.00155. The molecule has 0 atom stereocenters. The van der Waals surface area contributed by atoms with Crippen LogP contribution >= 0.6 is 23.2 Å². The molecule has 3 N–H and O–H groups in total. The Hall–Kier alpha value is -3.03. The number of carbonyl (C=O) groups is 2. The first-order chi connectivity index (χ1) is 14.8. The Labute approximate surface area is 189 Å². The predicted octanol–water partition coefficient (Wildman–Crippen LogP) is 5.16. The summed E-state index contributed by atoms with van der Waals surface area (Å²) in [5, 5.41) is 21.2. The molecule has 0 radical (unpaired) electrons. The highest BCUT2D eigenvalue weighted by atomic mass is 35.5. The van der Waals surface area contributed by atoms with E-state index in [0.717, 1.165) is 24.1 Å². The second-order valence-electron chi connectivity index (χ2n) is 7.46. The molecule has 1 aromatic heterocycles. The molecule has 1 aliphatic rings. The zero-order valence-electron chi connectivity index (χ0n) is 16.7. The smallest absolute Gasteiger partial charge is 0.342 e. The minimum atomic E-state index is -0.367. The number of hydrogen-bond acceptors (Lipinski definition) is 4. The standard InChI is InChI=1S/C22H20Cl2N4O3/c1-12(29)26-15-5-6-16(21(30)9-15)19-10-20(14-3-4-14)28(27-19)22(31)25-11-13-2-7-17(23)18(24)8-13/h2,5-10,14,30H,3-4,11H2,1H3,(H,25,31)(H,26,29). The van der Waals surface area contributed by atoms with Crippen LogP contribution in [0.15, 0.2) is 42.5 Å². The average Bonchev–Trinajstić information content (AvgIpc) is 3.47. The summed E-state index contributed by atoms with van der Waals surface area (Å²) in [6.45, 7) is 1.66. The van der Waals surface area contributed by atoms with E-state index in [1.54, 1.807) is 30.3 Å². The van der Waals surface area contributed by atoms with Crippen LogP contribution in [0.4, 0.5) is 10.5 Å². The summed E-state index contributed by atoms with van der Waals surface area (Å²) in [5.41, 5.74) is 3.06. The van der Waals surface area contributed by atoms with Crippen molar-refractivity contribution in [3.63, 3.8) is 0 Å². The van der Waals surface area contributed by atoms with Gasteiger partial charge in [-0.15, -0.1) is 0 Å². The van der Waals surface area contributed by atoms with Crippen molar-refractivity contribution in [1.29, 1.82) is 0 Å². The van der Waals surface area contributed by atoms with Crippen molar-refractivity contribution in [1.82, 2.24) is 15.1 Å². The van der Waals surface area contributed by atoms with Gasteiger partial charge < -0.3 is 15.7 Å². The molecule has 0 spiro atoms. The highest BCUT2D eigenvalue weighted by Crippen LogP contribution is 2.42. The Morgan fingerprint density at radius 1 is 1.13 bits per heavy atom. The minimum absolute atomic E-state index is 0.0329. The second-order valence-corrected chi connectivity index (χ2v) is 8.28. The van der Waals surface area contributed by atoms with Gasteiger partial charge in [-0.2, -0.15) is 9.78 Å². The second kappa shape index (κ2) is 8.61. The van der Waals surface area contributed by atoms with E-state index in [0.29, 0.717) is 27.0 Å². The van der Waals surface area contributed by atoms with Gasteiger partial charge in [0.1, 0.15) is 5.75 Å². The zero-order chi connectivity index (χ0) is 22.1. The lowest BCUT2D eigenvalue weighted by Crippen LogP contribution is -2.30. The minimum Gasteiger partial charge on any atom is -0.507 e. The molecule has 1 fully saturated rings. The molecule has 2 amide bonds. The lowest BCUT2D eigenvalue weighted by Gasteiger charge is -2.09. The summed E-state index contributed by atoms with van der Waals surface area (Å²) in [6.07, 6.45) is 1.97. The van der Waals surface area contributed by atoms with Crippen LogP contribution in [0.3, 0.4) is 0 Å². The van der Waals surface area contributed by atoms with Gasteiger partial charge in [0.05, 0.1) is 21.4 Å². The van der Waals surface area contributed by atoms with E-state index >= 15 is 0 Å². The lowest BCUT2D eigenvalue weighted by atomic mass is 10.1. The molecule has 0 unspecified atom stereocenters. The molecule has 4 rings (SSSR count). The van der Waals surface area contributed by atoms with Crippen LogP contribution in [0.5, 0.6) is 5.75 Å². The summed E-state index contributed by atoms with van der Waals surface area (Å²) in [7, 11) is 0. The summed E-state index contributed by atoms with van der Waals surface area (Å²) >= 11 is 12.0. The van der Waals surface area contributed by atoms with E-state index < -0.39 is 0 Å². The highest BCUT2D eigenvalue weighted by Gasteiger charge is 2.30. The summed E-state index contributed by atoms with van der Waals surface area (Å²) in [4.78, 5) is 24.1. The Morgan fingerprint density at radius 3 is 2.55 bits per heavy atom. The molecule has 3 aromatic rings. The van der Waals surface area contributed by atoms with Crippen molar-refractivity contribution in [3.05, 3.63) is 63.8 Å². The van der Waals surface area contributed by atoms with E-state index in [4.69, 9.17) is 23.2 Å². The molecule has 1 aliphatic carbocycles. The van der Waals surface area contributed by atoms with Gasteiger partial charge in [0, 0.05) is 36.7 Å². The largest absolute Gasteiger partial charge is 0.507 e. The molecule has 0 aliphatic heterocycles. The summed E-state index contributed by atoms with van der Waals surface area (Å²) in [6, 6.07) is 11.4. The number of phenols is 1. The predicted molar refractivity (Wildman–Crippen MR) is 120 cm³/mol. The SMILES string of the molecule is CC(=O)Nc1ccc(-c2cc(C3CC3)n(C(=O)NCc3ccc(Cl)c(Cl)c3)n2)c(O)c1. The van der Waals surface area contributed by atoms with E-state index in [2.05, 4.69) is 15.7 Å². The fraction of sp³-hybridized carbons (Fsp3) is 0.227. The van der Waals surface area contributed by atoms with Gasteiger partial charge in [-0.3, -0.25) is 4.79 Å². The van der Waals surface area contributed by atoms with E-state index in [-0.39, 0.29) is 30.2 Å². The van der Waals surface area contributed by atoms with Crippen LogP contribution in [0, 0.1) is 0 Å². The van der Waals surface area contributed by atoms with Crippen LogP contribution in [-0.2, 0) is 11.3 Å². The third-order valence-corrected chi connectivity index (χ3v) is 5.69. The molecule has 9 heteroatoms. The molecule has 0 saturated heterocycles. The van der Waals surface area contributed by atoms with Crippen LogP contribution in [0.2, 0.25) is 10.0 Å². The lowest BCUT2D eigenvalue weighted by molar-refractivity contribution is -0.114. The van der Waals surface area contributed by atoms with Crippen LogP contribution in [-0.4, -0.2) is 26.8 Å². The fourth-order valence-corrected chi connectivity index (χ4v) is 3.61. The monoisotopic (exact) mass is 458 g/mol. The normalized spacial score (nSPS) is 13.1.